The van der Waals surface area contributed by atoms with Crippen molar-refractivity contribution in [3.8, 4) is 5.75 Å². The Labute approximate surface area is 167 Å². The number of piperidine rings is 1. The number of amides is 3. The molecule has 4 rings (SSSR count). The molecule has 1 aromatic rings. The van der Waals surface area contributed by atoms with E-state index in [4.69, 9.17) is 27.9 Å². The Morgan fingerprint density at radius 3 is 2.26 bits per heavy atom. The van der Waals surface area contributed by atoms with Crippen LogP contribution >= 0.6 is 23.2 Å². The second kappa shape index (κ2) is 7.32. The van der Waals surface area contributed by atoms with Crippen molar-refractivity contribution in [2.75, 3.05) is 6.61 Å². The van der Waals surface area contributed by atoms with Crippen molar-refractivity contribution in [3.05, 3.63) is 28.2 Å². The summed E-state index contributed by atoms with van der Waals surface area (Å²) >= 11 is 12.0. The SMILES string of the molecule is O=C1CCC(=O)N1C1CC2CCC(C1)N2C(=O)COc1ccc(Cl)cc1Cl. The van der Waals surface area contributed by atoms with Gasteiger partial charge in [-0.3, -0.25) is 19.3 Å². The Morgan fingerprint density at radius 1 is 1.04 bits per heavy atom. The van der Waals surface area contributed by atoms with Gasteiger partial charge in [-0.2, -0.15) is 0 Å². The minimum atomic E-state index is -0.0966. The van der Waals surface area contributed by atoms with Gasteiger partial charge in [0.2, 0.25) is 11.8 Å². The molecule has 2 atom stereocenters. The second-order valence-corrected chi connectivity index (χ2v) is 8.18. The highest BCUT2D eigenvalue weighted by atomic mass is 35.5. The molecule has 3 aliphatic rings. The third-order valence-corrected chi connectivity index (χ3v) is 6.23. The lowest BCUT2D eigenvalue weighted by Crippen LogP contribution is -2.54. The van der Waals surface area contributed by atoms with Crippen LogP contribution < -0.4 is 4.74 Å². The summed E-state index contributed by atoms with van der Waals surface area (Å²) in [6.45, 7) is -0.0966. The fraction of sp³-hybridized carbons (Fsp3) is 0.526. The van der Waals surface area contributed by atoms with E-state index in [1.54, 1.807) is 18.2 Å². The van der Waals surface area contributed by atoms with E-state index >= 15 is 0 Å². The molecular weight excluding hydrogens is 391 g/mol. The van der Waals surface area contributed by atoms with Crippen LogP contribution in [0.5, 0.6) is 5.75 Å². The fourth-order valence-corrected chi connectivity index (χ4v) is 5.04. The van der Waals surface area contributed by atoms with Crippen molar-refractivity contribution < 1.29 is 19.1 Å². The van der Waals surface area contributed by atoms with E-state index in [1.807, 2.05) is 4.90 Å². The van der Waals surface area contributed by atoms with E-state index in [0.717, 1.165) is 12.8 Å². The highest BCUT2D eigenvalue weighted by Gasteiger charge is 2.47. The first-order chi connectivity index (χ1) is 12.9. The fourth-order valence-electron chi connectivity index (χ4n) is 4.57. The summed E-state index contributed by atoms with van der Waals surface area (Å²) < 4.78 is 5.59. The average molecular weight is 411 g/mol. The topological polar surface area (TPSA) is 66.9 Å². The Hall–Kier alpha value is -1.79. The lowest BCUT2D eigenvalue weighted by Gasteiger charge is -2.41. The zero-order valence-electron chi connectivity index (χ0n) is 14.7. The first-order valence-corrected chi connectivity index (χ1v) is 9.93. The van der Waals surface area contributed by atoms with Crippen LogP contribution in [0.3, 0.4) is 0 Å². The lowest BCUT2D eigenvalue weighted by atomic mass is 9.96. The number of rotatable bonds is 4. The maximum Gasteiger partial charge on any atom is 0.261 e. The Morgan fingerprint density at radius 2 is 1.67 bits per heavy atom. The molecule has 27 heavy (non-hydrogen) atoms. The number of fused-ring (bicyclic) bond motifs is 2. The number of benzene rings is 1. The van der Waals surface area contributed by atoms with E-state index in [1.165, 1.54) is 4.90 Å². The summed E-state index contributed by atoms with van der Waals surface area (Å²) in [4.78, 5) is 40.1. The molecule has 0 spiro atoms. The molecule has 1 aromatic carbocycles. The largest absolute Gasteiger partial charge is 0.482 e. The van der Waals surface area contributed by atoms with E-state index in [2.05, 4.69) is 0 Å². The summed E-state index contributed by atoms with van der Waals surface area (Å²) in [6.07, 6.45) is 3.71. The smallest absolute Gasteiger partial charge is 0.261 e. The molecule has 3 fully saturated rings. The highest BCUT2D eigenvalue weighted by molar-refractivity contribution is 6.35. The van der Waals surface area contributed by atoms with Gasteiger partial charge in [-0.1, -0.05) is 23.2 Å². The molecule has 3 amide bonds. The molecule has 3 saturated heterocycles. The van der Waals surface area contributed by atoms with E-state index in [-0.39, 0.29) is 42.5 Å². The monoisotopic (exact) mass is 410 g/mol. The summed E-state index contributed by atoms with van der Waals surface area (Å²) in [5, 5.41) is 0.868. The van der Waals surface area contributed by atoms with Crippen molar-refractivity contribution in [2.45, 2.75) is 56.7 Å². The van der Waals surface area contributed by atoms with Gasteiger partial charge in [0.25, 0.3) is 5.91 Å². The molecule has 144 valence electrons. The molecule has 6 nitrogen and oxygen atoms in total. The normalized spacial score (nSPS) is 27.4. The second-order valence-electron chi connectivity index (χ2n) is 7.33. The van der Waals surface area contributed by atoms with Crippen LogP contribution in [0.15, 0.2) is 18.2 Å². The van der Waals surface area contributed by atoms with Crippen LogP contribution in [0.4, 0.5) is 0 Å². The third kappa shape index (κ3) is 3.52. The van der Waals surface area contributed by atoms with Gasteiger partial charge in [0, 0.05) is 36.0 Å². The van der Waals surface area contributed by atoms with Crippen LogP contribution in [-0.4, -0.2) is 52.3 Å². The number of imide groups is 1. The highest BCUT2D eigenvalue weighted by Crippen LogP contribution is 2.39. The maximum atomic E-state index is 12.8. The van der Waals surface area contributed by atoms with Gasteiger partial charge in [0.15, 0.2) is 6.61 Å². The zero-order chi connectivity index (χ0) is 19.1. The predicted octanol–water partition coefficient (Wildman–Crippen LogP) is 3.04. The zero-order valence-corrected chi connectivity index (χ0v) is 16.2. The van der Waals surface area contributed by atoms with E-state index in [0.29, 0.717) is 41.5 Å². The van der Waals surface area contributed by atoms with Crippen molar-refractivity contribution in [1.82, 2.24) is 9.80 Å². The summed E-state index contributed by atoms with van der Waals surface area (Å²) in [7, 11) is 0. The number of ether oxygens (including phenoxy) is 1. The molecule has 8 heteroatoms. The summed E-state index contributed by atoms with van der Waals surface area (Å²) in [5.41, 5.74) is 0. The Kier molecular flexibility index (Phi) is 5.03. The number of carbonyl (C=O) groups is 3. The number of hydrogen-bond acceptors (Lipinski definition) is 4. The summed E-state index contributed by atoms with van der Waals surface area (Å²) in [5.74, 6) is 0.172. The third-order valence-electron chi connectivity index (χ3n) is 5.70. The number of carbonyl (C=O) groups excluding carboxylic acids is 3. The minimum absolute atomic E-state index is 0.0479. The number of nitrogens with zero attached hydrogens (tertiary/aromatic N) is 2. The molecule has 0 N–H and O–H groups in total. The van der Waals surface area contributed by atoms with Crippen LogP contribution in [0.25, 0.3) is 0 Å². The molecule has 0 aliphatic carbocycles. The minimum Gasteiger partial charge on any atom is -0.482 e. The van der Waals surface area contributed by atoms with Crippen LogP contribution in [0.2, 0.25) is 10.0 Å². The van der Waals surface area contributed by atoms with E-state index < -0.39 is 0 Å². The van der Waals surface area contributed by atoms with Crippen molar-refractivity contribution in [1.29, 1.82) is 0 Å². The molecule has 0 saturated carbocycles. The average Bonchev–Trinajstić information content (AvgIpc) is 3.09. The molecule has 3 aliphatic heterocycles. The van der Waals surface area contributed by atoms with Gasteiger partial charge in [-0.05, 0) is 43.9 Å². The van der Waals surface area contributed by atoms with Gasteiger partial charge in [0.05, 0.1) is 5.02 Å². The van der Waals surface area contributed by atoms with Gasteiger partial charge in [-0.15, -0.1) is 0 Å². The van der Waals surface area contributed by atoms with Gasteiger partial charge in [0.1, 0.15) is 5.75 Å². The standard InChI is InChI=1S/C19H20Cl2N2O4/c20-11-1-4-16(15(21)7-11)27-10-19(26)22-12-2-3-13(22)9-14(8-12)23-17(24)5-6-18(23)25/h1,4,7,12-14H,2-3,5-6,8-10H2. The molecule has 2 unspecified atom stereocenters. The maximum absolute atomic E-state index is 12.8. The van der Waals surface area contributed by atoms with Gasteiger partial charge in [-0.25, -0.2) is 0 Å². The molecule has 0 aromatic heterocycles. The van der Waals surface area contributed by atoms with Crippen molar-refractivity contribution in [2.24, 2.45) is 0 Å². The first-order valence-electron chi connectivity index (χ1n) is 9.18. The lowest BCUT2D eigenvalue weighted by molar-refractivity contribution is -0.145. The van der Waals surface area contributed by atoms with Crippen molar-refractivity contribution >= 4 is 40.9 Å². The molecule has 2 bridgehead atoms. The molecular formula is C19H20Cl2N2O4. The number of likely N-dealkylation sites (tertiary alicyclic amines) is 1. The Balaban J connectivity index is 1.40. The van der Waals surface area contributed by atoms with Crippen LogP contribution in [0.1, 0.15) is 38.5 Å². The summed E-state index contributed by atoms with van der Waals surface area (Å²) in [6, 6.07) is 4.89. The van der Waals surface area contributed by atoms with Gasteiger partial charge >= 0.3 is 0 Å². The van der Waals surface area contributed by atoms with Crippen LogP contribution in [0, 0.1) is 0 Å². The van der Waals surface area contributed by atoms with E-state index in [9.17, 15) is 14.4 Å². The van der Waals surface area contributed by atoms with Crippen molar-refractivity contribution in [3.63, 3.8) is 0 Å². The molecule has 0 radical (unpaired) electrons. The molecule has 3 heterocycles. The number of halogens is 2. The predicted molar refractivity (Wildman–Crippen MR) is 99.7 cm³/mol. The van der Waals surface area contributed by atoms with Gasteiger partial charge < -0.3 is 9.64 Å². The first kappa shape index (κ1) is 18.6. The van der Waals surface area contributed by atoms with Crippen LogP contribution in [-0.2, 0) is 14.4 Å². The Bertz CT molecular complexity index is 770. The number of hydrogen-bond donors (Lipinski definition) is 0. The quantitative estimate of drug-likeness (QED) is 0.715.